The fourth-order valence-electron chi connectivity index (χ4n) is 2.85. The average molecular weight is 425 g/mol. The van der Waals surface area contributed by atoms with E-state index in [4.69, 9.17) is 10.8 Å². The van der Waals surface area contributed by atoms with E-state index in [2.05, 4.69) is 16.5 Å². The first-order chi connectivity index (χ1) is 13.7. The van der Waals surface area contributed by atoms with E-state index in [1.54, 1.807) is 18.3 Å². The molecule has 0 saturated carbocycles. The molecule has 0 radical (unpaired) electrons. The van der Waals surface area contributed by atoms with E-state index in [0.717, 1.165) is 39.5 Å². The number of pyridine rings is 1. The number of allylic oxidation sites excluding steroid dienone is 1. The van der Waals surface area contributed by atoms with E-state index < -0.39 is 14.2 Å². The Kier molecular flexibility index (Phi) is 5.86. The Morgan fingerprint density at radius 1 is 1.28 bits per heavy atom. The van der Waals surface area contributed by atoms with Crippen LogP contribution in [0.3, 0.4) is 0 Å². The molecule has 3 aromatic rings. The molecule has 0 aliphatic carbocycles. The van der Waals surface area contributed by atoms with Crippen molar-refractivity contribution < 1.29 is 8.42 Å². The maximum absolute atomic E-state index is 11.5. The number of rotatable bonds is 4. The standard InChI is InChI=1S/C21H20N4O2S2/c1-4-6-13-9-15(11-24-18(13)5-2)17-12-25-19-8-7-14(10-16(17)19)20(22)28-21(23)29(3,26)27/h4-12,22-23,25H,2H2,1,3H3/b6-4-,22-20?,23-21?. The molecule has 148 valence electrons. The predicted octanol–water partition coefficient (Wildman–Crippen LogP) is 4.94. The van der Waals surface area contributed by atoms with Crippen LogP contribution in [0.2, 0.25) is 0 Å². The highest BCUT2D eigenvalue weighted by molar-refractivity contribution is 8.42. The van der Waals surface area contributed by atoms with Gasteiger partial charge in [0.1, 0.15) is 5.04 Å². The number of hydrogen-bond acceptors (Lipinski definition) is 6. The van der Waals surface area contributed by atoms with Crippen molar-refractivity contribution in [2.24, 2.45) is 0 Å². The highest BCUT2D eigenvalue weighted by Gasteiger charge is 2.17. The quantitative estimate of drug-likeness (QED) is 0.407. The zero-order valence-electron chi connectivity index (χ0n) is 16.0. The molecule has 8 heteroatoms. The highest BCUT2D eigenvalue weighted by Crippen LogP contribution is 2.31. The van der Waals surface area contributed by atoms with Crippen molar-refractivity contribution in [3.05, 3.63) is 66.1 Å². The van der Waals surface area contributed by atoms with Gasteiger partial charge in [-0.3, -0.25) is 15.8 Å². The minimum absolute atomic E-state index is 0.00390. The summed E-state index contributed by atoms with van der Waals surface area (Å²) in [5, 5.41) is 16.7. The Morgan fingerprint density at radius 3 is 2.69 bits per heavy atom. The lowest BCUT2D eigenvalue weighted by molar-refractivity contribution is 0.613. The number of aromatic amines is 1. The minimum atomic E-state index is -3.63. The lowest BCUT2D eigenvalue weighted by atomic mass is 10.0. The van der Waals surface area contributed by atoms with E-state index in [1.807, 2.05) is 43.5 Å². The summed E-state index contributed by atoms with van der Waals surface area (Å²) >= 11 is 0.622. The van der Waals surface area contributed by atoms with Crippen molar-refractivity contribution in [3.63, 3.8) is 0 Å². The lowest BCUT2D eigenvalue weighted by Gasteiger charge is -2.07. The van der Waals surface area contributed by atoms with Crippen LogP contribution in [0, 0.1) is 10.8 Å². The zero-order valence-corrected chi connectivity index (χ0v) is 17.6. The van der Waals surface area contributed by atoms with E-state index >= 15 is 0 Å². The minimum Gasteiger partial charge on any atom is -0.361 e. The van der Waals surface area contributed by atoms with Gasteiger partial charge < -0.3 is 4.98 Å². The van der Waals surface area contributed by atoms with Crippen molar-refractivity contribution in [3.8, 4) is 11.1 Å². The fourth-order valence-corrected chi connectivity index (χ4v) is 4.14. The number of sulfone groups is 1. The molecule has 0 aliphatic rings. The zero-order chi connectivity index (χ0) is 21.2. The van der Waals surface area contributed by atoms with Crippen LogP contribution < -0.4 is 0 Å². The predicted molar refractivity (Wildman–Crippen MR) is 123 cm³/mol. The molecule has 29 heavy (non-hydrogen) atoms. The van der Waals surface area contributed by atoms with Gasteiger partial charge in [-0.25, -0.2) is 8.42 Å². The number of nitrogens with zero attached hydrogens (tertiary/aromatic N) is 1. The van der Waals surface area contributed by atoms with Gasteiger partial charge in [0.15, 0.2) is 14.2 Å². The molecule has 1 aromatic carbocycles. The van der Waals surface area contributed by atoms with E-state index in [1.165, 1.54) is 0 Å². The van der Waals surface area contributed by atoms with Crippen molar-refractivity contribution in [2.75, 3.05) is 6.26 Å². The summed E-state index contributed by atoms with van der Waals surface area (Å²) in [5.74, 6) is 0. The van der Waals surface area contributed by atoms with Gasteiger partial charge in [0.2, 0.25) is 0 Å². The highest BCUT2D eigenvalue weighted by atomic mass is 32.3. The lowest BCUT2D eigenvalue weighted by Crippen LogP contribution is -2.10. The van der Waals surface area contributed by atoms with Gasteiger partial charge in [-0.1, -0.05) is 24.8 Å². The normalized spacial score (nSPS) is 11.8. The van der Waals surface area contributed by atoms with Gasteiger partial charge >= 0.3 is 0 Å². The summed E-state index contributed by atoms with van der Waals surface area (Å²) in [4.78, 5) is 7.69. The third-order valence-corrected chi connectivity index (χ3v) is 6.73. The molecular formula is C21H20N4O2S2. The third-order valence-electron chi connectivity index (χ3n) is 4.28. The number of thioether (sulfide) groups is 1. The molecule has 2 heterocycles. The van der Waals surface area contributed by atoms with E-state index in [0.29, 0.717) is 17.3 Å². The number of aromatic nitrogens is 2. The maximum atomic E-state index is 11.5. The van der Waals surface area contributed by atoms with Crippen LogP contribution in [-0.4, -0.2) is 34.1 Å². The van der Waals surface area contributed by atoms with Gasteiger partial charge in [0.05, 0.1) is 5.69 Å². The van der Waals surface area contributed by atoms with Crippen LogP contribution in [0.15, 0.2) is 49.3 Å². The smallest absolute Gasteiger partial charge is 0.198 e. The van der Waals surface area contributed by atoms with E-state index in [-0.39, 0.29) is 5.04 Å². The van der Waals surface area contributed by atoms with Gasteiger partial charge in [0.25, 0.3) is 0 Å². The Morgan fingerprint density at radius 2 is 2.03 bits per heavy atom. The number of nitrogens with one attached hydrogen (secondary N) is 3. The maximum Gasteiger partial charge on any atom is 0.198 e. The molecule has 0 amide bonds. The van der Waals surface area contributed by atoms with Crippen LogP contribution in [0.25, 0.3) is 34.2 Å². The molecular weight excluding hydrogens is 404 g/mol. The van der Waals surface area contributed by atoms with Crippen molar-refractivity contribution in [1.29, 1.82) is 10.8 Å². The molecule has 0 spiro atoms. The molecule has 0 unspecified atom stereocenters. The molecule has 2 aromatic heterocycles. The SMILES string of the molecule is C=Cc1ncc(-c2c[nH]c3ccc(C(=N)SC(=N)S(C)(=O)=O)cc23)cc1/C=C\C. The van der Waals surface area contributed by atoms with Crippen LogP contribution in [0.1, 0.15) is 23.7 Å². The second-order valence-corrected chi connectivity index (χ2v) is 9.59. The summed E-state index contributed by atoms with van der Waals surface area (Å²) < 4.78 is 22.4. The van der Waals surface area contributed by atoms with Gasteiger partial charge in [-0.2, -0.15) is 0 Å². The topological polar surface area (TPSA) is 111 Å². The Labute approximate surface area is 173 Å². The fraction of sp³-hybridized carbons (Fsp3) is 0.0952. The van der Waals surface area contributed by atoms with Gasteiger partial charge in [0, 0.05) is 51.8 Å². The summed E-state index contributed by atoms with van der Waals surface area (Å²) in [7, 11) is -3.63. The Hall–Kier alpha value is -2.97. The van der Waals surface area contributed by atoms with Crippen LogP contribution in [0.5, 0.6) is 0 Å². The van der Waals surface area contributed by atoms with Crippen LogP contribution >= 0.6 is 11.8 Å². The Balaban J connectivity index is 2.04. The average Bonchev–Trinajstić information content (AvgIpc) is 3.10. The summed E-state index contributed by atoms with van der Waals surface area (Å²) in [5.41, 5.74) is 5.02. The molecule has 0 fully saturated rings. The van der Waals surface area contributed by atoms with Crippen LogP contribution in [0.4, 0.5) is 0 Å². The monoisotopic (exact) mass is 424 g/mol. The number of fused-ring (bicyclic) bond motifs is 1. The van der Waals surface area contributed by atoms with Crippen molar-refractivity contribution in [1.82, 2.24) is 9.97 Å². The number of benzene rings is 1. The molecule has 0 atom stereocenters. The molecule has 0 saturated heterocycles. The van der Waals surface area contributed by atoms with Crippen molar-refractivity contribution in [2.45, 2.75) is 6.92 Å². The number of hydrogen-bond donors (Lipinski definition) is 3. The summed E-state index contributed by atoms with van der Waals surface area (Å²) in [6.07, 6.45) is 10.2. The first-order valence-corrected chi connectivity index (χ1v) is 11.4. The third kappa shape index (κ3) is 4.38. The van der Waals surface area contributed by atoms with Gasteiger partial charge in [-0.15, -0.1) is 0 Å². The molecule has 3 rings (SSSR count). The van der Waals surface area contributed by atoms with Gasteiger partial charge in [-0.05, 0) is 43.0 Å². The second kappa shape index (κ2) is 8.18. The van der Waals surface area contributed by atoms with Crippen LogP contribution in [-0.2, 0) is 9.84 Å². The number of H-pyrrole nitrogens is 1. The Bertz CT molecular complexity index is 1270. The molecule has 6 nitrogen and oxygen atoms in total. The van der Waals surface area contributed by atoms with Crippen molar-refractivity contribution >= 4 is 54.1 Å². The second-order valence-electron chi connectivity index (χ2n) is 6.36. The van der Waals surface area contributed by atoms with E-state index in [9.17, 15) is 8.42 Å². The molecule has 3 N–H and O–H groups in total. The first-order valence-electron chi connectivity index (χ1n) is 8.66. The summed E-state index contributed by atoms with van der Waals surface area (Å²) in [6.45, 7) is 5.74. The molecule has 0 aliphatic heterocycles. The summed E-state index contributed by atoms with van der Waals surface area (Å²) in [6, 6.07) is 7.42. The first kappa shape index (κ1) is 20.8. The largest absolute Gasteiger partial charge is 0.361 e. The molecule has 0 bridgehead atoms.